The van der Waals surface area contributed by atoms with E-state index in [1.807, 2.05) is 0 Å². The minimum absolute atomic E-state index is 0.188. The molecule has 0 saturated heterocycles. The maximum atomic E-state index is 14.5. The molecule has 3 aliphatic rings. The fourth-order valence-corrected chi connectivity index (χ4v) is 5.44. The maximum absolute atomic E-state index is 14.5. The third-order valence-corrected chi connectivity index (χ3v) is 6.71. The van der Waals surface area contributed by atoms with E-state index in [2.05, 4.69) is 4.90 Å². The number of hydrogen-bond acceptors (Lipinski definition) is 3. The largest absolute Gasteiger partial charge is 0.298 e. The van der Waals surface area contributed by atoms with Gasteiger partial charge in [-0.1, -0.05) is 19.3 Å². The minimum Gasteiger partial charge on any atom is -0.298 e. The average molecular weight is 346 g/mol. The van der Waals surface area contributed by atoms with Crippen LogP contribution in [0.25, 0.3) is 0 Å². The first-order chi connectivity index (χ1) is 12.2. The third-order valence-electron chi connectivity index (χ3n) is 6.71. The first-order valence-corrected chi connectivity index (χ1v) is 9.64. The van der Waals surface area contributed by atoms with Crippen molar-refractivity contribution in [2.24, 2.45) is 17.8 Å². The van der Waals surface area contributed by atoms with Gasteiger partial charge in [-0.25, -0.2) is 9.87 Å². The molecule has 1 aliphatic heterocycles. The highest BCUT2D eigenvalue weighted by atomic mass is 19.1. The van der Waals surface area contributed by atoms with Crippen molar-refractivity contribution in [3.63, 3.8) is 0 Å². The van der Waals surface area contributed by atoms with Crippen molar-refractivity contribution in [3.8, 4) is 0 Å². The number of benzene rings is 1. The Labute approximate surface area is 148 Å². The van der Waals surface area contributed by atoms with E-state index in [0.717, 1.165) is 48.4 Å². The zero-order chi connectivity index (χ0) is 17.4. The van der Waals surface area contributed by atoms with Gasteiger partial charge < -0.3 is 0 Å². The molecular weight excluding hydrogens is 319 g/mol. The lowest BCUT2D eigenvalue weighted by molar-refractivity contribution is 0.0705. The van der Waals surface area contributed by atoms with Crippen molar-refractivity contribution < 1.29 is 14.4 Å². The van der Waals surface area contributed by atoms with Gasteiger partial charge in [-0.15, -0.1) is 0 Å². The van der Waals surface area contributed by atoms with Gasteiger partial charge in [0.1, 0.15) is 5.82 Å². The number of nitrogens with one attached hydrogen (secondary N) is 1. The Bertz CT molecular complexity index is 663. The van der Waals surface area contributed by atoms with Crippen molar-refractivity contribution >= 4 is 5.91 Å². The highest BCUT2D eigenvalue weighted by Crippen LogP contribution is 2.46. The van der Waals surface area contributed by atoms with E-state index >= 15 is 0 Å². The molecule has 0 spiro atoms. The summed E-state index contributed by atoms with van der Waals surface area (Å²) in [4.78, 5) is 13.9. The van der Waals surface area contributed by atoms with E-state index in [4.69, 9.17) is 5.21 Å². The molecule has 1 heterocycles. The van der Waals surface area contributed by atoms with E-state index < -0.39 is 5.91 Å². The first-order valence-electron chi connectivity index (χ1n) is 9.64. The molecule has 1 aromatic rings. The monoisotopic (exact) mass is 346 g/mol. The number of hydrogen-bond donors (Lipinski definition) is 2. The fourth-order valence-electron chi connectivity index (χ4n) is 5.44. The summed E-state index contributed by atoms with van der Waals surface area (Å²) < 4.78 is 14.5. The van der Waals surface area contributed by atoms with Gasteiger partial charge in [0.2, 0.25) is 0 Å². The number of amides is 1. The number of fused-ring (bicyclic) bond motifs is 2. The predicted octanol–water partition coefficient (Wildman–Crippen LogP) is 3.52. The highest BCUT2D eigenvalue weighted by Gasteiger charge is 2.38. The summed E-state index contributed by atoms with van der Waals surface area (Å²) in [6, 6.07) is 2.95. The van der Waals surface area contributed by atoms with Crippen LogP contribution in [0.2, 0.25) is 0 Å². The number of halogens is 1. The van der Waals surface area contributed by atoms with E-state index in [-0.39, 0.29) is 11.4 Å². The molecule has 2 unspecified atom stereocenters. The Kier molecular flexibility index (Phi) is 4.78. The van der Waals surface area contributed by atoms with Crippen LogP contribution >= 0.6 is 0 Å². The summed E-state index contributed by atoms with van der Waals surface area (Å²) in [7, 11) is 0. The zero-order valence-corrected chi connectivity index (χ0v) is 14.6. The molecule has 2 fully saturated rings. The van der Waals surface area contributed by atoms with Crippen LogP contribution in [0.5, 0.6) is 0 Å². The maximum Gasteiger partial charge on any atom is 0.274 e. The molecule has 2 N–H and O–H groups in total. The second-order valence-electron chi connectivity index (χ2n) is 8.07. The third kappa shape index (κ3) is 3.32. The standard InChI is InChI=1S/C20H27FN2O2/c21-19-10-16(20(24)22-25)9-14-7-8-23(12-18(14)19)11-15-6-5-13-3-1-2-4-17(13)15/h9-10,13,15,17,25H,1-8,11-12H2,(H,22,24)/t13?,15-,17?/m0/s1. The lowest BCUT2D eigenvalue weighted by atomic mass is 9.78. The van der Waals surface area contributed by atoms with Crippen molar-refractivity contribution in [2.45, 2.75) is 51.5 Å². The quantitative estimate of drug-likeness (QED) is 0.650. The number of hydroxylamine groups is 1. The summed E-state index contributed by atoms with van der Waals surface area (Å²) >= 11 is 0. The SMILES string of the molecule is O=C(NO)c1cc(F)c2c(c1)CCN(C[C@@H]1CCC3CCCCC31)C2. The molecule has 0 radical (unpaired) electrons. The van der Waals surface area contributed by atoms with Crippen LogP contribution < -0.4 is 5.48 Å². The smallest absolute Gasteiger partial charge is 0.274 e. The summed E-state index contributed by atoms with van der Waals surface area (Å²) in [5, 5.41) is 8.75. The molecule has 5 heteroatoms. The second-order valence-corrected chi connectivity index (χ2v) is 8.07. The molecule has 0 bridgehead atoms. The van der Waals surface area contributed by atoms with Gasteiger partial charge >= 0.3 is 0 Å². The lowest BCUT2D eigenvalue weighted by Crippen LogP contribution is -2.37. The molecule has 4 rings (SSSR count). The molecule has 0 aromatic heterocycles. The first kappa shape index (κ1) is 17.0. The van der Waals surface area contributed by atoms with Gasteiger partial charge in [0.05, 0.1) is 0 Å². The molecule has 4 nitrogen and oxygen atoms in total. The van der Waals surface area contributed by atoms with Crippen molar-refractivity contribution in [1.82, 2.24) is 10.4 Å². The second kappa shape index (κ2) is 7.04. The van der Waals surface area contributed by atoms with Gasteiger partial charge in [-0.3, -0.25) is 14.9 Å². The number of nitrogens with zero attached hydrogens (tertiary/aromatic N) is 1. The predicted molar refractivity (Wildman–Crippen MR) is 92.8 cm³/mol. The van der Waals surface area contributed by atoms with Crippen LogP contribution in [0.4, 0.5) is 4.39 Å². The van der Waals surface area contributed by atoms with E-state index in [1.54, 1.807) is 11.5 Å². The molecule has 3 atom stereocenters. The molecular formula is C20H27FN2O2. The molecule has 136 valence electrons. The van der Waals surface area contributed by atoms with Gasteiger partial charge in [0.25, 0.3) is 5.91 Å². The molecule has 1 aromatic carbocycles. The topological polar surface area (TPSA) is 52.6 Å². The Morgan fingerprint density at radius 3 is 2.92 bits per heavy atom. The molecule has 1 amide bonds. The van der Waals surface area contributed by atoms with E-state index in [9.17, 15) is 9.18 Å². The van der Waals surface area contributed by atoms with Gasteiger partial charge in [-0.05, 0) is 61.1 Å². The van der Waals surface area contributed by atoms with Crippen molar-refractivity contribution in [2.75, 3.05) is 13.1 Å². The van der Waals surface area contributed by atoms with Crippen molar-refractivity contribution in [3.05, 3.63) is 34.6 Å². The van der Waals surface area contributed by atoms with Crippen LogP contribution in [-0.2, 0) is 13.0 Å². The van der Waals surface area contributed by atoms with Crippen LogP contribution in [0, 0.1) is 23.6 Å². The lowest BCUT2D eigenvalue weighted by Gasteiger charge is -2.35. The van der Waals surface area contributed by atoms with Crippen LogP contribution in [0.3, 0.4) is 0 Å². The Balaban J connectivity index is 1.45. The van der Waals surface area contributed by atoms with E-state index in [0.29, 0.717) is 6.54 Å². The summed E-state index contributed by atoms with van der Waals surface area (Å²) in [6.45, 7) is 2.64. The van der Waals surface area contributed by atoms with Crippen LogP contribution in [0.1, 0.15) is 60.0 Å². The normalized spacial score (nSPS) is 29.1. The zero-order valence-electron chi connectivity index (χ0n) is 14.6. The minimum atomic E-state index is -0.654. The summed E-state index contributed by atoms with van der Waals surface area (Å²) in [5.74, 6) is 1.61. The van der Waals surface area contributed by atoms with Gasteiger partial charge in [-0.2, -0.15) is 0 Å². The molecule has 2 aliphatic carbocycles. The van der Waals surface area contributed by atoms with Gasteiger partial charge in [0.15, 0.2) is 0 Å². The van der Waals surface area contributed by atoms with E-state index in [1.165, 1.54) is 44.6 Å². The number of carbonyl (C=O) groups is 1. The Morgan fingerprint density at radius 1 is 1.24 bits per heavy atom. The highest BCUT2D eigenvalue weighted by molar-refractivity contribution is 5.93. The van der Waals surface area contributed by atoms with Crippen LogP contribution in [-0.4, -0.2) is 29.1 Å². The Morgan fingerprint density at radius 2 is 2.08 bits per heavy atom. The number of rotatable bonds is 3. The van der Waals surface area contributed by atoms with Crippen LogP contribution in [0.15, 0.2) is 12.1 Å². The number of carbonyl (C=O) groups excluding carboxylic acids is 1. The fraction of sp³-hybridized carbons (Fsp3) is 0.650. The molecule has 2 saturated carbocycles. The summed E-state index contributed by atoms with van der Waals surface area (Å²) in [6.07, 6.45) is 9.05. The van der Waals surface area contributed by atoms with Crippen molar-refractivity contribution in [1.29, 1.82) is 0 Å². The molecule has 25 heavy (non-hydrogen) atoms. The summed E-state index contributed by atoms with van der Waals surface area (Å²) in [5.41, 5.74) is 3.39. The average Bonchev–Trinajstić information content (AvgIpc) is 3.04. The Hall–Kier alpha value is -1.46. The van der Waals surface area contributed by atoms with Gasteiger partial charge in [0, 0.05) is 30.8 Å².